The van der Waals surface area contributed by atoms with Crippen LogP contribution in [0.25, 0.3) is 0 Å². The molecule has 1 aliphatic heterocycles. The Kier molecular flexibility index (Phi) is 6.36. The van der Waals surface area contributed by atoms with Gasteiger partial charge < -0.3 is 14.2 Å². The van der Waals surface area contributed by atoms with Crippen LogP contribution >= 0.6 is 0 Å². The highest BCUT2D eigenvalue weighted by Crippen LogP contribution is 2.11. The number of hydrogen-bond donors (Lipinski definition) is 0. The highest BCUT2D eigenvalue weighted by molar-refractivity contribution is 5.70. The fourth-order valence-electron chi connectivity index (χ4n) is 1.42. The van der Waals surface area contributed by atoms with Gasteiger partial charge in [-0.2, -0.15) is 0 Å². The van der Waals surface area contributed by atoms with Crippen molar-refractivity contribution in [1.82, 2.24) is 0 Å². The van der Waals surface area contributed by atoms with Crippen LogP contribution in [0.1, 0.15) is 32.6 Å². The van der Waals surface area contributed by atoms with Crippen molar-refractivity contribution < 1.29 is 19.0 Å². The molecule has 0 saturated carbocycles. The van der Waals surface area contributed by atoms with E-state index >= 15 is 0 Å². The summed E-state index contributed by atoms with van der Waals surface area (Å²) in [5, 5.41) is 0. The summed E-state index contributed by atoms with van der Waals surface area (Å²) < 4.78 is 15.5. The van der Waals surface area contributed by atoms with Crippen LogP contribution in [0.4, 0.5) is 0 Å². The van der Waals surface area contributed by atoms with Crippen molar-refractivity contribution in [2.75, 3.05) is 26.4 Å². The Hall–Kier alpha value is -0.610. The SMILES string of the molecule is CCCCOC(=O)COCC1CCCO1. The van der Waals surface area contributed by atoms with E-state index in [2.05, 4.69) is 6.92 Å². The average molecular weight is 216 g/mol. The summed E-state index contributed by atoms with van der Waals surface area (Å²) >= 11 is 0. The number of ether oxygens (including phenoxy) is 3. The Labute approximate surface area is 90.9 Å². The molecule has 1 atom stereocenters. The Balaban J connectivity index is 1.91. The molecule has 4 nitrogen and oxygen atoms in total. The summed E-state index contributed by atoms with van der Waals surface area (Å²) in [6, 6.07) is 0. The first-order valence-electron chi connectivity index (χ1n) is 5.68. The van der Waals surface area contributed by atoms with Gasteiger partial charge in [-0.05, 0) is 19.3 Å². The van der Waals surface area contributed by atoms with Gasteiger partial charge in [-0.1, -0.05) is 13.3 Å². The number of esters is 1. The predicted molar refractivity (Wildman–Crippen MR) is 55.7 cm³/mol. The first kappa shape index (κ1) is 12.5. The maximum Gasteiger partial charge on any atom is 0.332 e. The number of carbonyl (C=O) groups is 1. The topological polar surface area (TPSA) is 44.8 Å². The molecule has 1 saturated heterocycles. The minimum absolute atomic E-state index is 0.0452. The molecule has 1 heterocycles. The van der Waals surface area contributed by atoms with Gasteiger partial charge in [-0.15, -0.1) is 0 Å². The quantitative estimate of drug-likeness (QED) is 0.478. The molecule has 1 aliphatic rings. The van der Waals surface area contributed by atoms with Crippen molar-refractivity contribution in [3.8, 4) is 0 Å². The van der Waals surface area contributed by atoms with Crippen LogP contribution in [0, 0.1) is 0 Å². The van der Waals surface area contributed by atoms with Crippen LogP contribution in [0.5, 0.6) is 0 Å². The van der Waals surface area contributed by atoms with Crippen molar-refractivity contribution in [2.45, 2.75) is 38.7 Å². The fourth-order valence-corrected chi connectivity index (χ4v) is 1.42. The van der Waals surface area contributed by atoms with Crippen LogP contribution < -0.4 is 0 Å². The number of unbranched alkanes of at least 4 members (excludes halogenated alkanes) is 1. The lowest BCUT2D eigenvalue weighted by Crippen LogP contribution is -2.19. The zero-order chi connectivity index (χ0) is 10.9. The second-order valence-electron chi connectivity index (χ2n) is 3.72. The summed E-state index contributed by atoms with van der Waals surface area (Å²) in [7, 11) is 0. The van der Waals surface area contributed by atoms with E-state index in [1.807, 2.05) is 0 Å². The molecule has 0 bridgehead atoms. The Morgan fingerprint density at radius 1 is 1.53 bits per heavy atom. The van der Waals surface area contributed by atoms with E-state index in [0.717, 1.165) is 32.3 Å². The lowest BCUT2D eigenvalue weighted by Gasteiger charge is -2.09. The molecule has 4 heteroatoms. The van der Waals surface area contributed by atoms with Gasteiger partial charge in [-0.3, -0.25) is 0 Å². The van der Waals surface area contributed by atoms with Crippen LogP contribution in [0.2, 0.25) is 0 Å². The second kappa shape index (κ2) is 7.65. The first-order valence-corrected chi connectivity index (χ1v) is 5.68. The van der Waals surface area contributed by atoms with Gasteiger partial charge in [0, 0.05) is 6.61 Å². The van der Waals surface area contributed by atoms with Crippen LogP contribution in [0.15, 0.2) is 0 Å². The van der Waals surface area contributed by atoms with E-state index in [1.165, 1.54) is 0 Å². The van der Waals surface area contributed by atoms with Crippen molar-refractivity contribution in [3.05, 3.63) is 0 Å². The molecule has 1 unspecified atom stereocenters. The lowest BCUT2D eigenvalue weighted by molar-refractivity contribution is -0.150. The number of rotatable bonds is 7. The van der Waals surface area contributed by atoms with Crippen molar-refractivity contribution >= 4 is 5.97 Å². The van der Waals surface area contributed by atoms with E-state index < -0.39 is 0 Å². The van der Waals surface area contributed by atoms with Gasteiger partial charge in [0.2, 0.25) is 0 Å². The third-order valence-corrected chi connectivity index (χ3v) is 2.31. The van der Waals surface area contributed by atoms with Gasteiger partial charge >= 0.3 is 5.97 Å². The monoisotopic (exact) mass is 216 g/mol. The summed E-state index contributed by atoms with van der Waals surface area (Å²) in [6.07, 6.45) is 4.25. The molecule has 0 N–H and O–H groups in total. The van der Waals surface area contributed by atoms with Gasteiger partial charge in [0.25, 0.3) is 0 Å². The fraction of sp³-hybridized carbons (Fsp3) is 0.909. The molecule has 1 fully saturated rings. The minimum atomic E-state index is -0.276. The van der Waals surface area contributed by atoms with Crippen LogP contribution in [-0.2, 0) is 19.0 Å². The standard InChI is InChI=1S/C11H20O4/c1-2-3-6-15-11(12)9-13-8-10-5-4-7-14-10/h10H,2-9H2,1H3. The molecule has 0 spiro atoms. The van der Waals surface area contributed by atoms with E-state index in [-0.39, 0.29) is 18.7 Å². The third kappa shape index (κ3) is 5.74. The molecule has 0 amide bonds. The maximum atomic E-state index is 11.1. The van der Waals surface area contributed by atoms with Crippen molar-refractivity contribution in [3.63, 3.8) is 0 Å². The summed E-state index contributed by atoms with van der Waals surface area (Å²) in [4.78, 5) is 11.1. The molecule has 15 heavy (non-hydrogen) atoms. The van der Waals surface area contributed by atoms with Gasteiger partial charge in [0.05, 0.1) is 19.3 Å². The first-order chi connectivity index (χ1) is 7.33. The van der Waals surface area contributed by atoms with E-state index in [9.17, 15) is 4.79 Å². The maximum absolute atomic E-state index is 11.1. The van der Waals surface area contributed by atoms with Gasteiger partial charge in [0.1, 0.15) is 6.61 Å². The lowest BCUT2D eigenvalue weighted by atomic mass is 10.2. The number of carbonyl (C=O) groups excluding carboxylic acids is 1. The summed E-state index contributed by atoms with van der Waals surface area (Å²) in [5.74, 6) is -0.276. The smallest absolute Gasteiger partial charge is 0.332 e. The number of hydrogen-bond acceptors (Lipinski definition) is 4. The largest absolute Gasteiger partial charge is 0.464 e. The molecule has 0 aromatic rings. The molecule has 88 valence electrons. The van der Waals surface area contributed by atoms with Gasteiger partial charge in [-0.25, -0.2) is 4.79 Å². The molecule has 0 radical (unpaired) electrons. The Morgan fingerprint density at radius 2 is 2.40 bits per heavy atom. The Bertz CT molecular complexity index is 175. The molecule has 0 aromatic carbocycles. The highest BCUT2D eigenvalue weighted by Gasteiger charge is 2.15. The second-order valence-corrected chi connectivity index (χ2v) is 3.72. The average Bonchev–Trinajstić information content (AvgIpc) is 2.71. The summed E-state index contributed by atoms with van der Waals surface area (Å²) in [5.41, 5.74) is 0. The highest BCUT2D eigenvalue weighted by atomic mass is 16.6. The molecule has 1 rings (SSSR count). The Morgan fingerprint density at radius 3 is 3.07 bits per heavy atom. The zero-order valence-corrected chi connectivity index (χ0v) is 9.37. The molecular weight excluding hydrogens is 196 g/mol. The normalized spacial score (nSPS) is 20.5. The van der Waals surface area contributed by atoms with E-state index in [4.69, 9.17) is 14.2 Å². The summed E-state index contributed by atoms with van der Waals surface area (Å²) in [6.45, 7) is 3.92. The van der Waals surface area contributed by atoms with E-state index in [0.29, 0.717) is 13.2 Å². The minimum Gasteiger partial charge on any atom is -0.464 e. The zero-order valence-electron chi connectivity index (χ0n) is 9.37. The molecular formula is C11H20O4. The van der Waals surface area contributed by atoms with Crippen molar-refractivity contribution in [1.29, 1.82) is 0 Å². The van der Waals surface area contributed by atoms with Crippen LogP contribution in [-0.4, -0.2) is 38.5 Å². The predicted octanol–water partition coefficient (Wildman–Crippen LogP) is 1.53. The third-order valence-electron chi connectivity index (χ3n) is 2.31. The molecule has 0 aliphatic carbocycles. The van der Waals surface area contributed by atoms with Gasteiger partial charge in [0.15, 0.2) is 0 Å². The molecule has 0 aromatic heterocycles. The van der Waals surface area contributed by atoms with E-state index in [1.54, 1.807) is 0 Å². The van der Waals surface area contributed by atoms with Crippen molar-refractivity contribution in [2.24, 2.45) is 0 Å². The van der Waals surface area contributed by atoms with Crippen LogP contribution in [0.3, 0.4) is 0 Å².